The first-order chi connectivity index (χ1) is 10.9. The number of imide groups is 1. The molecule has 124 valence electrons. The van der Waals surface area contributed by atoms with Gasteiger partial charge < -0.3 is 10.4 Å². The minimum Gasteiger partial charge on any atom is -0.480 e. The summed E-state index contributed by atoms with van der Waals surface area (Å²) in [5, 5.41) is 14.0. The Morgan fingerprint density at radius 3 is 2.74 bits per heavy atom. The fraction of sp³-hybridized carbons (Fsp3) is 0.438. The van der Waals surface area contributed by atoms with Crippen molar-refractivity contribution >= 4 is 23.6 Å². The van der Waals surface area contributed by atoms with E-state index in [2.05, 4.69) is 10.6 Å². The Kier molecular flexibility index (Phi) is 5.33. The molecule has 2 rings (SSSR count). The third-order valence-electron chi connectivity index (χ3n) is 4.10. The van der Waals surface area contributed by atoms with Crippen LogP contribution in [0.1, 0.15) is 24.0 Å². The predicted molar refractivity (Wildman–Crippen MR) is 85.3 cm³/mol. The number of hydrogen-bond acceptors (Lipinski definition) is 4. The number of carboxylic acid groups (broad SMARTS) is 1. The number of carbonyl (C=O) groups excluding carboxylic acids is 2. The van der Waals surface area contributed by atoms with Gasteiger partial charge >= 0.3 is 12.0 Å². The summed E-state index contributed by atoms with van der Waals surface area (Å²) in [7, 11) is 0. The number of rotatable bonds is 4. The van der Waals surface area contributed by atoms with E-state index in [9.17, 15) is 14.4 Å². The van der Waals surface area contributed by atoms with Gasteiger partial charge in [-0.05, 0) is 50.4 Å². The van der Waals surface area contributed by atoms with Crippen molar-refractivity contribution in [2.75, 3.05) is 18.4 Å². The van der Waals surface area contributed by atoms with Crippen molar-refractivity contribution in [3.05, 3.63) is 29.3 Å². The van der Waals surface area contributed by atoms with Crippen molar-refractivity contribution in [1.82, 2.24) is 10.2 Å². The fourth-order valence-electron chi connectivity index (χ4n) is 2.69. The van der Waals surface area contributed by atoms with Gasteiger partial charge in [0.15, 0.2) is 0 Å². The molecule has 1 atom stereocenters. The van der Waals surface area contributed by atoms with E-state index >= 15 is 0 Å². The summed E-state index contributed by atoms with van der Waals surface area (Å²) in [6, 6.07) is 4.25. The minimum atomic E-state index is -0.935. The Balaban J connectivity index is 1.89. The first kappa shape index (κ1) is 17.0. The van der Waals surface area contributed by atoms with Gasteiger partial charge in [-0.1, -0.05) is 12.1 Å². The predicted octanol–water partition coefficient (Wildman–Crippen LogP) is 1.50. The molecular weight excluding hydrogens is 298 g/mol. The largest absolute Gasteiger partial charge is 0.480 e. The summed E-state index contributed by atoms with van der Waals surface area (Å²) in [4.78, 5) is 36.5. The molecule has 0 aromatic heterocycles. The normalized spacial score (nSPS) is 17.7. The number of carbonyl (C=O) groups is 3. The SMILES string of the molecule is Cc1cccc(NC(=O)NC(=O)CN2CCCC2C(=O)O)c1C. The summed E-state index contributed by atoms with van der Waals surface area (Å²) in [6.45, 7) is 4.26. The highest BCUT2D eigenvalue weighted by molar-refractivity contribution is 6.02. The Labute approximate surface area is 134 Å². The van der Waals surface area contributed by atoms with E-state index in [1.165, 1.54) is 0 Å². The zero-order valence-electron chi connectivity index (χ0n) is 13.3. The zero-order valence-corrected chi connectivity index (χ0v) is 13.3. The summed E-state index contributed by atoms with van der Waals surface area (Å²) in [5.74, 6) is -1.45. The van der Waals surface area contributed by atoms with Crippen LogP contribution in [0.4, 0.5) is 10.5 Å². The highest BCUT2D eigenvalue weighted by Crippen LogP contribution is 2.18. The number of nitrogens with zero attached hydrogens (tertiary/aromatic N) is 1. The van der Waals surface area contributed by atoms with Crippen LogP contribution < -0.4 is 10.6 Å². The molecule has 23 heavy (non-hydrogen) atoms. The molecule has 0 bridgehead atoms. The maximum Gasteiger partial charge on any atom is 0.325 e. The molecule has 1 saturated heterocycles. The van der Waals surface area contributed by atoms with Gasteiger partial charge in [-0.3, -0.25) is 19.8 Å². The van der Waals surface area contributed by atoms with Crippen molar-refractivity contribution in [3.8, 4) is 0 Å². The lowest BCUT2D eigenvalue weighted by atomic mass is 10.1. The second-order valence-corrected chi connectivity index (χ2v) is 5.72. The quantitative estimate of drug-likeness (QED) is 0.781. The third kappa shape index (κ3) is 4.29. The number of aryl methyl sites for hydroxylation is 1. The Hall–Kier alpha value is -2.41. The molecule has 3 amide bonds. The molecule has 1 aromatic carbocycles. The van der Waals surface area contributed by atoms with Crippen molar-refractivity contribution in [2.45, 2.75) is 32.7 Å². The second-order valence-electron chi connectivity index (χ2n) is 5.72. The van der Waals surface area contributed by atoms with E-state index in [0.717, 1.165) is 17.5 Å². The fourth-order valence-corrected chi connectivity index (χ4v) is 2.69. The molecule has 1 aromatic rings. The Morgan fingerprint density at radius 2 is 2.04 bits per heavy atom. The highest BCUT2D eigenvalue weighted by Gasteiger charge is 2.31. The van der Waals surface area contributed by atoms with Crippen LogP contribution >= 0.6 is 0 Å². The standard InChI is InChI=1S/C16H21N3O4/c1-10-5-3-6-12(11(10)2)17-16(23)18-14(20)9-19-8-4-7-13(19)15(21)22/h3,5-6,13H,4,7-9H2,1-2H3,(H,21,22)(H2,17,18,20,23). The molecule has 0 spiro atoms. The maximum absolute atomic E-state index is 11.9. The van der Waals surface area contributed by atoms with Gasteiger partial charge in [0.25, 0.3) is 0 Å². The number of carboxylic acids is 1. The van der Waals surface area contributed by atoms with Crippen LogP contribution in [0.25, 0.3) is 0 Å². The molecule has 7 nitrogen and oxygen atoms in total. The molecule has 1 unspecified atom stereocenters. The molecule has 3 N–H and O–H groups in total. The first-order valence-corrected chi connectivity index (χ1v) is 7.52. The summed E-state index contributed by atoms with van der Waals surface area (Å²) >= 11 is 0. The minimum absolute atomic E-state index is 0.100. The van der Waals surface area contributed by atoms with Crippen LogP contribution in [0.5, 0.6) is 0 Å². The highest BCUT2D eigenvalue weighted by atomic mass is 16.4. The monoisotopic (exact) mass is 319 g/mol. The van der Waals surface area contributed by atoms with Gasteiger partial charge in [0.2, 0.25) is 5.91 Å². The number of benzene rings is 1. The zero-order chi connectivity index (χ0) is 17.0. The lowest BCUT2D eigenvalue weighted by Gasteiger charge is -2.20. The molecule has 1 heterocycles. The molecule has 0 aliphatic carbocycles. The molecular formula is C16H21N3O4. The van der Waals surface area contributed by atoms with Crippen molar-refractivity contribution in [3.63, 3.8) is 0 Å². The van der Waals surface area contributed by atoms with Gasteiger partial charge in [-0.2, -0.15) is 0 Å². The smallest absolute Gasteiger partial charge is 0.325 e. The van der Waals surface area contributed by atoms with Crippen molar-refractivity contribution in [1.29, 1.82) is 0 Å². The molecule has 0 radical (unpaired) electrons. The Bertz CT molecular complexity index is 630. The van der Waals surface area contributed by atoms with E-state index in [0.29, 0.717) is 18.7 Å². The van der Waals surface area contributed by atoms with Crippen molar-refractivity contribution < 1.29 is 19.5 Å². The summed E-state index contributed by atoms with van der Waals surface area (Å²) in [5.41, 5.74) is 2.61. The van der Waals surface area contributed by atoms with Crippen LogP contribution in [0.15, 0.2) is 18.2 Å². The number of hydrogen-bond donors (Lipinski definition) is 3. The van der Waals surface area contributed by atoms with Gasteiger partial charge in [0.05, 0.1) is 6.54 Å². The van der Waals surface area contributed by atoms with Crippen LogP contribution in [0.2, 0.25) is 0 Å². The van der Waals surface area contributed by atoms with Crippen LogP contribution in [-0.2, 0) is 9.59 Å². The average molecular weight is 319 g/mol. The topological polar surface area (TPSA) is 98.7 Å². The molecule has 7 heteroatoms. The molecule has 0 saturated carbocycles. The number of likely N-dealkylation sites (tertiary alicyclic amines) is 1. The van der Waals surface area contributed by atoms with Gasteiger partial charge in [-0.15, -0.1) is 0 Å². The first-order valence-electron chi connectivity index (χ1n) is 7.52. The van der Waals surface area contributed by atoms with E-state index in [-0.39, 0.29) is 6.54 Å². The molecule has 1 fully saturated rings. The van der Waals surface area contributed by atoms with Crippen LogP contribution in [-0.4, -0.2) is 47.0 Å². The van der Waals surface area contributed by atoms with Gasteiger partial charge in [0.1, 0.15) is 6.04 Å². The number of aliphatic carboxylic acids is 1. The lowest BCUT2D eigenvalue weighted by molar-refractivity contribution is -0.142. The van der Waals surface area contributed by atoms with E-state index < -0.39 is 23.9 Å². The van der Waals surface area contributed by atoms with Crippen molar-refractivity contribution in [2.24, 2.45) is 0 Å². The lowest BCUT2D eigenvalue weighted by Crippen LogP contribution is -2.45. The van der Waals surface area contributed by atoms with Gasteiger partial charge in [0, 0.05) is 5.69 Å². The summed E-state index contributed by atoms with van der Waals surface area (Å²) < 4.78 is 0. The second kappa shape index (κ2) is 7.23. The number of anilines is 1. The van der Waals surface area contributed by atoms with E-state index in [1.807, 2.05) is 26.0 Å². The maximum atomic E-state index is 11.9. The van der Waals surface area contributed by atoms with Crippen LogP contribution in [0.3, 0.4) is 0 Å². The number of amides is 3. The summed E-state index contributed by atoms with van der Waals surface area (Å²) in [6.07, 6.45) is 1.26. The van der Waals surface area contributed by atoms with Crippen LogP contribution in [0, 0.1) is 13.8 Å². The van der Waals surface area contributed by atoms with Gasteiger partial charge in [-0.25, -0.2) is 4.79 Å². The molecule has 1 aliphatic heterocycles. The van der Waals surface area contributed by atoms with E-state index in [1.54, 1.807) is 11.0 Å². The number of nitrogens with one attached hydrogen (secondary N) is 2. The molecule has 1 aliphatic rings. The van der Waals surface area contributed by atoms with E-state index in [4.69, 9.17) is 5.11 Å². The average Bonchev–Trinajstić information content (AvgIpc) is 2.92. The Morgan fingerprint density at radius 1 is 1.30 bits per heavy atom. The number of urea groups is 1. The third-order valence-corrected chi connectivity index (χ3v) is 4.10.